The van der Waals surface area contributed by atoms with E-state index >= 15 is 0 Å². The highest BCUT2D eigenvalue weighted by molar-refractivity contribution is 5.86. The molecule has 2 rings (SSSR count). The topological polar surface area (TPSA) is 61.4 Å². The first-order valence-electron chi connectivity index (χ1n) is 7.50. The maximum absolute atomic E-state index is 12.3. The van der Waals surface area contributed by atoms with E-state index in [0.29, 0.717) is 6.54 Å². The summed E-state index contributed by atoms with van der Waals surface area (Å²) in [7, 11) is 1.86. The number of nitrogens with one attached hydrogen (secondary N) is 1. The van der Waals surface area contributed by atoms with Gasteiger partial charge in [-0.05, 0) is 20.3 Å². The number of nitrogens with zero attached hydrogens (tertiary/aromatic N) is 4. The van der Waals surface area contributed by atoms with Gasteiger partial charge in [0.25, 0.3) is 0 Å². The number of hydrogen-bond donors (Lipinski definition) is 1. The van der Waals surface area contributed by atoms with Crippen molar-refractivity contribution in [1.29, 1.82) is 0 Å². The quantitative estimate of drug-likeness (QED) is 0.887. The molecule has 2 heterocycles. The van der Waals surface area contributed by atoms with Crippen LogP contribution in [0.25, 0.3) is 0 Å². The van der Waals surface area contributed by atoms with E-state index in [1.165, 1.54) is 0 Å². The van der Waals surface area contributed by atoms with Gasteiger partial charge in [0.05, 0.1) is 23.6 Å². The molecule has 1 aliphatic heterocycles. The Kier molecular flexibility index (Phi) is 4.77. The van der Waals surface area contributed by atoms with Crippen molar-refractivity contribution in [3.63, 3.8) is 0 Å². The van der Waals surface area contributed by atoms with Crippen molar-refractivity contribution in [3.05, 3.63) is 18.1 Å². The molecule has 1 aliphatic rings. The monoisotopic (exact) mass is 291 g/mol. The van der Waals surface area contributed by atoms with Crippen LogP contribution in [0.15, 0.2) is 12.4 Å². The number of rotatable bonds is 5. The standard InChI is InChI=1S/C15H25N5O/c1-5-6-16-13-10-17-12(9-18-13)11-20-8-7-19(4)14(21)15(20,2)3/h9-10H,5-8,11H2,1-4H3,(H,16,18). The van der Waals surface area contributed by atoms with Crippen LogP contribution in [0.4, 0.5) is 5.82 Å². The van der Waals surface area contributed by atoms with Crippen LogP contribution in [0.1, 0.15) is 32.9 Å². The van der Waals surface area contributed by atoms with Gasteiger partial charge in [-0.3, -0.25) is 14.7 Å². The predicted molar refractivity (Wildman–Crippen MR) is 82.9 cm³/mol. The minimum atomic E-state index is -0.492. The van der Waals surface area contributed by atoms with Crippen molar-refractivity contribution in [2.45, 2.75) is 39.3 Å². The summed E-state index contributed by atoms with van der Waals surface area (Å²) in [5.74, 6) is 0.956. The number of piperazine rings is 1. The summed E-state index contributed by atoms with van der Waals surface area (Å²) in [4.78, 5) is 25.0. The molecule has 21 heavy (non-hydrogen) atoms. The maximum Gasteiger partial charge on any atom is 0.242 e. The highest BCUT2D eigenvalue weighted by Gasteiger charge is 2.40. The fraction of sp³-hybridized carbons (Fsp3) is 0.667. The molecular formula is C15H25N5O. The number of carbonyl (C=O) groups is 1. The summed E-state index contributed by atoms with van der Waals surface area (Å²) in [5.41, 5.74) is 0.399. The summed E-state index contributed by atoms with van der Waals surface area (Å²) in [5, 5.41) is 3.21. The van der Waals surface area contributed by atoms with Crippen molar-refractivity contribution in [2.75, 3.05) is 32.0 Å². The molecule has 1 aromatic heterocycles. The average Bonchev–Trinajstić information content (AvgIpc) is 2.47. The van der Waals surface area contributed by atoms with Gasteiger partial charge in [-0.1, -0.05) is 6.92 Å². The van der Waals surface area contributed by atoms with Crippen molar-refractivity contribution >= 4 is 11.7 Å². The van der Waals surface area contributed by atoms with Gasteiger partial charge in [-0.15, -0.1) is 0 Å². The highest BCUT2D eigenvalue weighted by Crippen LogP contribution is 2.23. The molecule has 1 fully saturated rings. The van der Waals surface area contributed by atoms with Gasteiger partial charge in [0.2, 0.25) is 5.91 Å². The Bertz CT molecular complexity index is 485. The molecule has 1 saturated heterocycles. The molecular weight excluding hydrogens is 266 g/mol. The Labute approximate surface area is 126 Å². The zero-order valence-electron chi connectivity index (χ0n) is 13.4. The lowest BCUT2D eigenvalue weighted by Crippen LogP contribution is -2.61. The molecule has 0 radical (unpaired) electrons. The molecule has 6 heteroatoms. The second-order valence-corrected chi connectivity index (χ2v) is 6.03. The van der Waals surface area contributed by atoms with Crippen molar-refractivity contribution < 1.29 is 4.79 Å². The van der Waals surface area contributed by atoms with E-state index in [1.807, 2.05) is 20.9 Å². The predicted octanol–water partition coefficient (Wildman–Crippen LogP) is 1.35. The smallest absolute Gasteiger partial charge is 0.242 e. The number of amides is 1. The Balaban J connectivity index is 2.02. The van der Waals surface area contributed by atoms with Gasteiger partial charge in [-0.2, -0.15) is 0 Å². The van der Waals surface area contributed by atoms with Crippen LogP contribution in [-0.2, 0) is 11.3 Å². The van der Waals surface area contributed by atoms with Crippen LogP contribution in [-0.4, -0.2) is 57.9 Å². The van der Waals surface area contributed by atoms with Crippen LogP contribution in [0, 0.1) is 0 Å². The first-order chi connectivity index (χ1) is 9.95. The van der Waals surface area contributed by atoms with E-state index in [9.17, 15) is 4.79 Å². The number of hydrogen-bond acceptors (Lipinski definition) is 5. The summed E-state index contributed by atoms with van der Waals surface area (Å²) in [6.07, 6.45) is 4.60. The minimum Gasteiger partial charge on any atom is -0.369 e. The highest BCUT2D eigenvalue weighted by atomic mass is 16.2. The Hall–Kier alpha value is -1.69. The van der Waals surface area contributed by atoms with E-state index in [1.54, 1.807) is 17.3 Å². The van der Waals surface area contributed by atoms with Crippen LogP contribution in [0.2, 0.25) is 0 Å². The molecule has 0 spiro atoms. The molecule has 1 amide bonds. The second-order valence-electron chi connectivity index (χ2n) is 6.03. The van der Waals surface area contributed by atoms with E-state index in [4.69, 9.17) is 0 Å². The van der Waals surface area contributed by atoms with Gasteiger partial charge in [0.15, 0.2) is 0 Å². The largest absolute Gasteiger partial charge is 0.369 e. The average molecular weight is 291 g/mol. The van der Waals surface area contributed by atoms with Gasteiger partial charge in [-0.25, -0.2) is 4.98 Å². The molecule has 0 saturated carbocycles. The zero-order chi connectivity index (χ0) is 15.5. The van der Waals surface area contributed by atoms with E-state index < -0.39 is 5.54 Å². The second kappa shape index (κ2) is 6.39. The Morgan fingerprint density at radius 3 is 2.67 bits per heavy atom. The van der Waals surface area contributed by atoms with E-state index in [0.717, 1.165) is 37.6 Å². The molecule has 0 aliphatic carbocycles. The van der Waals surface area contributed by atoms with E-state index in [2.05, 4.69) is 27.1 Å². The number of aromatic nitrogens is 2. The van der Waals surface area contributed by atoms with Gasteiger partial charge >= 0.3 is 0 Å². The SMILES string of the molecule is CCCNc1cnc(CN2CCN(C)C(=O)C2(C)C)cn1. The van der Waals surface area contributed by atoms with Gasteiger partial charge in [0.1, 0.15) is 5.82 Å². The number of likely N-dealkylation sites (N-methyl/N-ethyl adjacent to an activating group) is 1. The molecule has 0 aromatic carbocycles. The summed E-state index contributed by atoms with van der Waals surface area (Å²) in [6, 6.07) is 0. The lowest BCUT2D eigenvalue weighted by molar-refractivity contribution is -0.147. The third kappa shape index (κ3) is 3.50. The first kappa shape index (κ1) is 15.7. The summed E-state index contributed by atoms with van der Waals surface area (Å²) < 4.78 is 0. The van der Waals surface area contributed by atoms with Crippen molar-refractivity contribution in [3.8, 4) is 0 Å². The van der Waals surface area contributed by atoms with Crippen LogP contribution in [0.5, 0.6) is 0 Å². The summed E-state index contributed by atoms with van der Waals surface area (Å²) >= 11 is 0. The van der Waals surface area contributed by atoms with Gasteiger partial charge < -0.3 is 10.2 Å². The molecule has 6 nitrogen and oxygen atoms in total. The molecule has 116 valence electrons. The number of anilines is 1. The van der Waals surface area contributed by atoms with Crippen molar-refractivity contribution in [2.24, 2.45) is 0 Å². The summed E-state index contributed by atoms with van der Waals surface area (Å²) in [6.45, 7) is 9.20. The number of carbonyl (C=O) groups excluding carboxylic acids is 1. The third-order valence-corrected chi connectivity index (χ3v) is 3.98. The molecule has 0 bridgehead atoms. The third-order valence-electron chi connectivity index (χ3n) is 3.98. The van der Waals surface area contributed by atoms with Crippen LogP contribution >= 0.6 is 0 Å². The fourth-order valence-electron chi connectivity index (χ4n) is 2.51. The fourth-order valence-corrected chi connectivity index (χ4v) is 2.51. The molecule has 1 N–H and O–H groups in total. The van der Waals surface area contributed by atoms with Gasteiger partial charge in [0, 0.05) is 33.2 Å². The first-order valence-corrected chi connectivity index (χ1v) is 7.50. The van der Waals surface area contributed by atoms with Crippen molar-refractivity contribution in [1.82, 2.24) is 19.8 Å². The van der Waals surface area contributed by atoms with E-state index in [-0.39, 0.29) is 5.91 Å². The normalized spacial score (nSPS) is 18.9. The van der Waals surface area contributed by atoms with Crippen LogP contribution < -0.4 is 5.32 Å². The van der Waals surface area contributed by atoms with Crippen LogP contribution in [0.3, 0.4) is 0 Å². The lowest BCUT2D eigenvalue weighted by atomic mass is 9.97. The molecule has 1 aromatic rings. The maximum atomic E-state index is 12.3. The molecule has 0 atom stereocenters. The molecule has 0 unspecified atom stereocenters. The Morgan fingerprint density at radius 1 is 1.29 bits per heavy atom. The Morgan fingerprint density at radius 2 is 2.05 bits per heavy atom. The minimum absolute atomic E-state index is 0.156. The zero-order valence-corrected chi connectivity index (χ0v) is 13.4. The lowest BCUT2D eigenvalue weighted by Gasteiger charge is -2.44.